The van der Waals surface area contributed by atoms with Crippen molar-refractivity contribution >= 4 is 0 Å². The Labute approximate surface area is 188 Å². The lowest BCUT2D eigenvalue weighted by molar-refractivity contribution is -0.0116. The number of halogens is 1. The summed E-state index contributed by atoms with van der Waals surface area (Å²) in [7, 11) is 0. The second-order valence-electron chi connectivity index (χ2n) is 11.3. The van der Waals surface area contributed by atoms with Crippen LogP contribution in [-0.4, -0.2) is 39.3 Å². The van der Waals surface area contributed by atoms with Crippen molar-refractivity contribution in [2.45, 2.75) is 110 Å². The number of hydrogen-bond acceptors (Lipinski definition) is 3. The van der Waals surface area contributed by atoms with E-state index in [0.29, 0.717) is 37.0 Å². The molecule has 0 saturated heterocycles. The van der Waals surface area contributed by atoms with E-state index in [2.05, 4.69) is 32.1 Å². The van der Waals surface area contributed by atoms with Gasteiger partial charge in [-0.3, -0.25) is 0 Å². The molecule has 7 atom stereocenters. The van der Waals surface area contributed by atoms with E-state index in [0.717, 1.165) is 30.4 Å². The topological polar surface area (TPSA) is 60.7 Å². The van der Waals surface area contributed by atoms with Crippen LogP contribution in [0.5, 0.6) is 0 Å². The average molecular weight is 435 g/mol. The Balaban J connectivity index is 1.69. The van der Waals surface area contributed by atoms with Crippen LogP contribution >= 0.6 is 0 Å². The van der Waals surface area contributed by atoms with Gasteiger partial charge in [0.15, 0.2) is 0 Å². The Morgan fingerprint density at radius 3 is 2.61 bits per heavy atom. The predicted octanol–water partition coefficient (Wildman–Crippen LogP) is 5.65. The van der Waals surface area contributed by atoms with Gasteiger partial charge in [0, 0.05) is 6.42 Å². The highest BCUT2D eigenvalue weighted by atomic mass is 19.1. The highest BCUT2D eigenvalue weighted by Gasteiger charge is 2.49. The number of hydrogen-bond donors (Lipinski definition) is 3. The lowest BCUT2D eigenvalue weighted by Crippen LogP contribution is -2.36. The zero-order valence-corrected chi connectivity index (χ0v) is 20.1. The molecule has 0 bridgehead atoms. The van der Waals surface area contributed by atoms with E-state index in [-0.39, 0.29) is 5.41 Å². The van der Waals surface area contributed by atoms with E-state index < -0.39 is 24.0 Å². The number of allylic oxidation sites excluding steroid dienone is 4. The molecule has 3 aliphatic carbocycles. The number of alkyl halides is 1. The van der Waals surface area contributed by atoms with Crippen LogP contribution in [0.1, 0.15) is 86.0 Å². The summed E-state index contributed by atoms with van der Waals surface area (Å²) in [5.74, 6) is 1.52. The number of rotatable bonds is 7. The van der Waals surface area contributed by atoms with Gasteiger partial charge in [-0.2, -0.15) is 0 Å². The van der Waals surface area contributed by atoms with E-state index in [4.69, 9.17) is 0 Å². The SMILES string of the molecule is CC1=C(/C=C\C2=CCC[C@]3(C)[C@@H]([C@H](C)CC[C@H](F)C(C)(C)O)CC[C@@H]23)C[C@@H](O)C[C@@H]1O. The summed E-state index contributed by atoms with van der Waals surface area (Å²) >= 11 is 0. The minimum atomic E-state index is -1.26. The van der Waals surface area contributed by atoms with Crippen LogP contribution < -0.4 is 0 Å². The smallest absolute Gasteiger partial charge is 0.128 e. The zero-order chi connectivity index (χ0) is 23.0. The van der Waals surface area contributed by atoms with Crippen LogP contribution in [0.4, 0.5) is 4.39 Å². The fourth-order valence-electron chi connectivity index (χ4n) is 6.49. The first kappa shape index (κ1) is 24.7. The Hall–Kier alpha value is -0.970. The Bertz CT molecular complexity index is 731. The van der Waals surface area contributed by atoms with Gasteiger partial charge in [-0.05, 0) is 106 Å². The highest BCUT2D eigenvalue weighted by Crippen LogP contribution is 2.58. The van der Waals surface area contributed by atoms with Crippen molar-refractivity contribution in [3.8, 4) is 0 Å². The monoisotopic (exact) mass is 434 g/mol. The summed E-state index contributed by atoms with van der Waals surface area (Å²) < 4.78 is 14.3. The zero-order valence-electron chi connectivity index (χ0n) is 20.1. The number of aliphatic hydroxyl groups excluding tert-OH is 2. The molecule has 0 spiro atoms. The normalized spacial score (nSPS) is 36.5. The Morgan fingerprint density at radius 2 is 1.94 bits per heavy atom. The summed E-state index contributed by atoms with van der Waals surface area (Å²) in [6, 6.07) is 0. The maximum absolute atomic E-state index is 14.3. The third-order valence-corrected chi connectivity index (χ3v) is 8.64. The Morgan fingerprint density at radius 1 is 1.23 bits per heavy atom. The molecular formula is C27H43FO3. The van der Waals surface area contributed by atoms with Crippen molar-refractivity contribution in [2.75, 3.05) is 0 Å². The fraction of sp³-hybridized carbons (Fsp3) is 0.778. The van der Waals surface area contributed by atoms with Gasteiger partial charge >= 0.3 is 0 Å². The molecule has 3 N–H and O–H groups in total. The standard InChI is InChI=1S/C27H43FO3/c1-17(8-13-25(28)26(3,4)31)22-11-12-23-19(7-6-14-27(22,23)5)9-10-20-15-21(29)16-24(30)18(20)2/h7,9-10,17,21-25,29-31H,6,8,11-16H2,1-5H3/b10-9-/t17-,21-,22-,23+,24+,25+,27-/m1/s1. The van der Waals surface area contributed by atoms with E-state index in [9.17, 15) is 19.7 Å². The largest absolute Gasteiger partial charge is 0.393 e. The summed E-state index contributed by atoms with van der Waals surface area (Å²) in [6.45, 7) is 9.77. The van der Waals surface area contributed by atoms with E-state index in [1.54, 1.807) is 13.8 Å². The van der Waals surface area contributed by atoms with Crippen LogP contribution in [0.15, 0.2) is 34.9 Å². The van der Waals surface area contributed by atoms with Gasteiger partial charge in [0.25, 0.3) is 0 Å². The average Bonchev–Trinajstić information content (AvgIpc) is 3.04. The molecule has 0 radical (unpaired) electrons. The third kappa shape index (κ3) is 5.34. The van der Waals surface area contributed by atoms with E-state index in [1.165, 1.54) is 18.4 Å². The summed E-state index contributed by atoms with van der Waals surface area (Å²) in [6.07, 6.45) is 11.4. The van der Waals surface area contributed by atoms with Crippen molar-refractivity contribution in [2.24, 2.45) is 23.2 Å². The molecule has 1 saturated carbocycles. The maximum Gasteiger partial charge on any atom is 0.128 e. The van der Waals surface area contributed by atoms with E-state index in [1.807, 2.05) is 6.92 Å². The fourth-order valence-corrected chi connectivity index (χ4v) is 6.49. The Kier molecular flexibility index (Phi) is 7.55. The van der Waals surface area contributed by atoms with Crippen LogP contribution in [0.25, 0.3) is 0 Å². The van der Waals surface area contributed by atoms with Crippen molar-refractivity contribution in [3.63, 3.8) is 0 Å². The summed E-state index contributed by atoms with van der Waals surface area (Å²) in [5, 5.41) is 30.2. The molecule has 0 aromatic rings. The van der Waals surface area contributed by atoms with Gasteiger partial charge in [0.1, 0.15) is 6.17 Å². The van der Waals surface area contributed by atoms with Crippen molar-refractivity contribution in [1.82, 2.24) is 0 Å². The molecule has 3 nitrogen and oxygen atoms in total. The maximum atomic E-state index is 14.3. The van der Waals surface area contributed by atoms with Crippen molar-refractivity contribution in [3.05, 3.63) is 34.9 Å². The second kappa shape index (κ2) is 9.49. The first-order valence-corrected chi connectivity index (χ1v) is 12.2. The van der Waals surface area contributed by atoms with Crippen molar-refractivity contribution < 1.29 is 19.7 Å². The molecule has 0 amide bonds. The first-order chi connectivity index (χ1) is 14.4. The minimum absolute atomic E-state index is 0.226. The summed E-state index contributed by atoms with van der Waals surface area (Å²) in [5.41, 5.74) is 2.39. The van der Waals surface area contributed by atoms with Crippen LogP contribution in [-0.2, 0) is 0 Å². The number of fused-ring (bicyclic) bond motifs is 1. The summed E-state index contributed by atoms with van der Waals surface area (Å²) in [4.78, 5) is 0. The van der Waals surface area contributed by atoms with Gasteiger partial charge in [-0.1, -0.05) is 32.1 Å². The molecule has 3 aliphatic rings. The molecular weight excluding hydrogens is 391 g/mol. The molecule has 31 heavy (non-hydrogen) atoms. The van der Waals surface area contributed by atoms with Gasteiger partial charge in [0.2, 0.25) is 0 Å². The minimum Gasteiger partial charge on any atom is -0.393 e. The lowest BCUT2D eigenvalue weighted by atomic mass is 9.62. The van der Waals surface area contributed by atoms with Crippen LogP contribution in [0.3, 0.4) is 0 Å². The quantitative estimate of drug-likeness (QED) is 0.485. The van der Waals surface area contributed by atoms with Crippen molar-refractivity contribution in [1.29, 1.82) is 0 Å². The second-order valence-corrected chi connectivity index (χ2v) is 11.3. The molecule has 4 heteroatoms. The highest BCUT2D eigenvalue weighted by molar-refractivity contribution is 5.37. The molecule has 0 unspecified atom stereocenters. The molecule has 0 aliphatic heterocycles. The molecule has 1 fully saturated rings. The lowest BCUT2D eigenvalue weighted by Gasteiger charge is -2.43. The molecule has 3 rings (SSSR count). The molecule has 176 valence electrons. The molecule has 0 aromatic carbocycles. The van der Waals surface area contributed by atoms with Crippen LogP contribution in [0.2, 0.25) is 0 Å². The molecule has 0 aromatic heterocycles. The predicted molar refractivity (Wildman–Crippen MR) is 124 cm³/mol. The van der Waals surface area contributed by atoms with Crippen LogP contribution in [0, 0.1) is 23.2 Å². The van der Waals surface area contributed by atoms with Gasteiger partial charge in [-0.15, -0.1) is 0 Å². The van der Waals surface area contributed by atoms with Gasteiger partial charge in [-0.25, -0.2) is 4.39 Å². The third-order valence-electron chi connectivity index (χ3n) is 8.64. The van der Waals surface area contributed by atoms with E-state index >= 15 is 0 Å². The van der Waals surface area contributed by atoms with Gasteiger partial charge < -0.3 is 15.3 Å². The van der Waals surface area contributed by atoms with Gasteiger partial charge in [0.05, 0.1) is 17.8 Å². The number of aliphatic hydroxyl groups is 3. The molecule has 0 heterocycles. The first-order valence-electron chi connectivity index (χ1n) is 12.2.